The first-order valence-electron chi connectivity index (χ1n) is 11.9. The minimum atomic E-state index is -5.01. The van der Waals surface area contributed by atoms with Gasteiger partial charge < -0.3 is 14.6 Å². The minimum absolute atomic E-state index is 0.00343. The number of rotatable bonds is 9. The van der Waals surface area contributed by atoms with Gasteiger partial charge in [0.2, 0.25) is 0 Å². The summed E-state index contributed by atoms with van der Waals surface area (Å²) in [5, 5.41) is 2.70. The molecule has 0 bridgehead atoms. The van der Waals surface area contributed by atoms with Gasteiger partial charge in [-0.1, -0.05) is 35.3 Å². The molecule has 39 heavy (non-hydrogen) atoms. The summed E-state index contributed by atoms with van der Waals surface area (Å²) in [5.41, 5.74) is 2.39. The number of imidazole rings is 1. The van der Waals surface area contributed by atoms with Gasteiger partial charge in [0.05, 0.1) is 16.4 Å². The Labute approximate surface area is 233 Å². The summed E-state index contributed by atoms with van der Waals surface area (Å²) in [6.45, 7) is -0.0382. The molecule has 210 valence electrons. The summed E-state index contributed by atoms with van der Waals surface area (Å²) in [6, 6.07) is 9.47. The number of carbonyl (C=O) groups is 1. The van der Waals surface area contributed by atoms with Crippen molar-refractivity contribution >= 4 is 39.1 Å². The molecule has 3 aromatic rings. The van der Waals surface area contributed by atoms with Crippen molar-refractivity contribution in [3.05, 3.63) is 75.7 Å². The van der Waals surface area contributed by atoms with Crippen molar-refractivity contribution in [3.8, 4) is 5.75 Å². The molecule has 0 radical (unpaired) electrons. The van der Waals surface area contributed by atoms with Crippen LogP contribution in [0.1, 0.15) is 29.0 Å². The van der Waals surface area contributed by atoms with Crippen LogP contribution in [0.2, 0.25) is 10.0 Å². The number of nitrogens with one attached hydrogen (secondary N) is 2. The van der Waals surface area contributed by atoms with Crippen LogP contribution < -0.4 is 14.8 Å². The van der Waals surface area contributed by atoms with Gasteiger partial charge in [-0.25, -0.2) is 18.1 Å². The van der Waals surface area contributed by atoms with E-state index in [0.717, 1.165) is 16.7 Å². The van der Waals surface area contributed by atoms with Crippen LogP contribution >= 0.6 is 23.2 Å². The first kappa shape index (κ1) is 29.2. The van der Waals surface area contributed by atoms with Gasteiger partial charge in [0.1, 0.15) is 12.4 Å². The predicted molar refractivity (Wildman–Crippen MR) is 140 cm³/mol. The number of aryl methyl sites for hydroxylation is 2. The molecule has 14 heteroatoms. The molecule has 1 aliphatic carbocycles. The Morgan fingerprint density at radius 3 is 2.62 bits per heavy atom. The molecule has 2 aromatic carbocycles. The lowest BCUT2D eigenvalue weighted by Crippen LogP contribution is -2.47. The molecule has 2 atom stereocenters. The minimum Gasteiger partial charge on any atom is -0.492 e. The highest BCUT2D eigenvalue weighted by Gasteiger charge is 2.42. The second kappa shape index (κ2) is 11.7. The summed E-state index contributed by atoms with van der Waals surface area (Å²) in [4.78, 5) is 15.6. The summed E-state index contributed by atoms with van der Waals surface area (Å²) < 4.78 is 73.5. The number of alkyl halides is 3. The van der Waals surface area contributed by atoms with Crippen molar-refractivity contribution in [2.45, 2.75) is 42.4 Å². The van der Waals surface area contributed by atoms with E-state index >= 15 is 0 Å². The highest BCUT2D eigenvalue weighted by atomic mass is 35.5. The largest absolute Gasteiger partial charge is 0.492 e. The number of carbonyl (C=O) groups excluding carboxylic acids is 1. The van der Waals surface area contributed by atoms with Crippen LogP contribution in [0, 0.1) is 0 Å². The van der Waals surface area contributed by atoms with Crippen LogP contribution in [-0.2, 0) is 34.7 Å². The first-order valence-corrected chi connectivity index (χ1v) is 14.1. The van der Waals surface area contributed by atoms with E-state index in [1.54, 1.807) is 37.4 Å². The average Bonchev–Trinajstić information content (AvgIpc) is 3.32. The van der Waals surface area contributed by atoms with Gasteiger partial charge in [0.25, 0.3) is 10.0 Å². The fourth-order valence-corrected chi connectivity index (χ4v) is 5.82. The maximum atomic E-state index is 13.1. The SMILES string of the molecule is Cn1cnc(S(=O)(=O)NCCOc2ccc3c(c2)C(Cc2ccc(Cl)c(Cl)c2)C(NC(=O)C(F)(F)F)CC3)c1. The number of halogens is 5. The molecule has 1 aliphatic rings. The van der Waals surface area contributed by atoms with Gasteiger partial charge in [-0.2, -0.15) is 13.2 Å². The lowest BCUT2D eigenvalue weighted by atomic mass is 9.76. The second-order valence-corrected chi connectivity index (χ2v) is 11.7. The van der Waals surface area contributed by atoms with Crippen LogP contribution in [-0.4, -0.2) is 49.2 Å². The molecule has 1 heterocycles. The van der Waals surface area contributed by atoms with E-state index < -0.39 is 34.1 Å². The summed E-state index contributed by atoms with van der Waals surface area (Å²) >= 11 is 12.2. The molecule has 0 saturated heterocycles. The van der Waals surface area contributed by atoms with Crippen LogP contribution in [0.25, 0.3) is 0 Å². The van der Waals surface area contributed by atoms with E-state index in [2.05, 4.69) is 15.0 Å². The summed E-state index contributed by atoms with van der Waals surface area (Å²) in [7, 11) is -2.15. The lowest BCUT2D eigenvalue weighted by molar-refractivity contribution is -0.174. The third-order valence-corrected chi connectivity index (χ3v) is 8.44. The topological polar surface area (TPSA) is 102 Å². The van der Waals surface area contributed by atoms with Crippen LogP contribution in [0.3, 0.4) is 0 Å². The van der Waals surface area contributed by atoms with E-state index in [9.17, 15) is 26.4 Å². The normalized spacial score (nSPS) is 17.5. The lowest BCUT2D eigenvalue weighted by Gasteiger charge is -2.35. The molecule has 2 N–H and O–H groups in total. The van der Waals surface area contributed by atoms with Gasteiger partial charge in [-0.15, -0.1) is 0 Å². The molecule has 1 amide bonds. The van der Waals surface area contributed by atoms with Crippen LogP contribution in [0.15, 0.2) is 53.9 Å². The number of sulfonamides is 1. The van der Waals surface area contributed by atoms with Crippen molar-refractivity contribution in [1.29, 1.82) is 0 Å². The Hall–Kier alpha value is -2.80. The highest BCUT2D eigenvalue weighted by Crippen LogP contribution is 2.38. The van der Waals surface area contributed by atoms with Gasteiger partial charge in [-0.3, -0.25) is 4.79 Å². The van der Waals surface area contributed by atoms with Crippen LogP contribution in [0.5, 0.6) is 5.75 Å². The first-order chi connectivity index (χ1) is 18.3. The van der Waals surface area contributed by atoms with E-state index in [0.29, 0.717) is 35.1 Å². The average molecular weight is 605 g/mol. The number of aromatic nitrogens is 2. The number of fused-ring (bicyclic) bond motifs is 1. The van der Waals surface area contributed by atoms with Gasteiger partial charge >= 0.3 is 12.1 Å². The molecule has 0 aliphatic heterocycles. The Morgan fingerprint density at radius 2 is 1.95 bits per heavy atom. The van der Waals surface area contributed by atoms with Crippen molar-refractivity contribution in [1.82, 2.24) is 19.6 Å². The summed E-state index contributed by atoms with van der Waals surface area (Å²) in [6.07, 6.45) is -1.20. The zero-order valence-electron chi connectivity index (χ0n) is 20.6. The number of benzene rings is 2. The summed E-state index contributed by atoms with van der Waals surface area (Å²) in [5.74, 6) is -2.10. The van der Waals surface area contributed by atoms with E-state index in [1.807, 2.05) is 6.07 Å². The number of ether oxygens (including phenoxy) is 1. The van der Waals surface area contributed by atoms with Gasteiger partial charge in [-0.05, 0) is 60.2 Å². The number of amides is 1. The Kier molecular flexibility index (Phi) is 8.79. The fourth-order valence-electron chi connectivity index (χ4n) is 4.51. The predicted octanol–water partition coefficient (Wildman–Crippen LogP) is 4.40. The zero-order chi connectivity index (χ0) is 28.4. The molecule has 0 fully saturated rings. The maximum Gasteiger partial charge on any atom is 0.471 e. The van der Waals surface area contributed by atoms with E-state index in [4.69, 9.17) is 27.9 Å². The maximum absolute atomic E-state index is 13.1. The standard InChI is InChI=1S/C25H25Cl2F3N4O4S/c1-34-13-23(31-14-34)39(36,37)32-8-9-38-17-5-3-16-4-7-22(33-24(35)25(28,29)30)19(18(16)12-17)10-15-2-6-20(26)21(27)11-15/h2-3,5-6,11-14,19,22,32H,4,7-10H2,1H3,(H,33,35). The van der Waals surface area contributed by atoms with Gasteiger partial charge in [0.15, 0.2) is 5.03 Å². The Balaban J connectivity index is 1.52. The van der Waals surface area contributed by atoms with E-state index in [-0.39, 0.29) is 18.2 Å². The molecule has 2 unspecified atom stereocenters. The van der Waals surface area contributed by atoms with Crippen molar-refractivity contribution in [2.24, 2.45) is 7.05 Å². The van der Waals surface area contributed by atoms with Crippen LogP contribution in [0.4, 0.5) is 13.2 Å². The number of hydrogen-bond acceptors (Lipinski definition) is 5. The highest BCUT2D eigenvalue weighted by molar-refractivity contribution is 7.89. The zero-order valence-corrected chi connectivity index (χ0v) is 23.0. The third kappa shape index (κ3) is 7.24. The molecule has 8 nitrogen and oxygen atoms in total. The van der Waals surface area contributed by atoms with Crippen molar-refractivity contribution < 1.29 is 31.1 Å². The molecule has 0 saturated carbocycles. The quantitative estimate of drug-likeness (QED) is 0.352. The second-order valence-electron chi connectivity index (χ2n) is 9.16. The molecular weight excluding hydrogens is 580 g/mol. The molecule has 1 aromatic heterocycles. The van der Waals surface area contributed by atoms with E-state index in [1.165, 1.54) is 17.1 Å². The van der Waals surface area contributed by atoms with Crippen molar-refractivity contribution in [2.75, 3.05) is 13.2 Å². The molecular formula is C25H25Cl2F3N4O4S. The number of nitrogens with zero attached hydrogens (tertiary/aromatic N) is 2. The van der Waals surface area contributed by atoms with Gasteiger partial charge in [0, 0.05) is 31.7 Å². The monoisotopic (exact) mass is 604 g/mol. The number of hydrogen-bond donors (Lipinski definition) is 2. The molecule has 4 rings (SSSR count). The fraction of sp³-hybridized carbons (Fsp3) is 0.360. The third-order valence-electron chi connectivity index (χ3n) is 6.36. The Bertz CT molecular complexity index is 1460. The molecule has 0 spiro atoms. The van der Waals surface area contributed by atoms with Crippen molar-refractivity contribution in [3.63, 3.8) is 0 Å². The smallest absolute Gasteiger partial charge is 0.471 e. The Morgan fingerprint density at radius 1 is 1.18 bits per heavy atom.